The summed E-state index contributed by atoms with van der Waals surface area (Å²) >= 11 is 0. The Balaban J connectivity index is 0.00000243. The van der Waals surface area contributed by atoms with Crippen LogP contribution in [0.15, 0.2) is 53.7 Å². The quantitative estimate of drug-likeness (QED) is 0.354. The van der Waals surface area contributed by atoms with Crippen molar-refractivity contribution in [1.29, 1.82) is 0 Å². The molecule has 2 aromatic rings. The molecule has 0 atom stereocenters. The minimum Gasteiger partial charge on any atom is -0.473 e. The molecule has 0 bridgehead atoms. The Kier molecular flexibility index (Phi) is 8.67. The van der Waals surface area contributed by atoms with E-state index in [1.807, 2.05) is 42.5 Å². The maximum Gasteiger partial charge on any atom is 0.218 e. The van der Waals surface area contributed by atoms with Gasteiger partial charge in [0.2, 0.25) is 5.88 Å². The van der Waals surface area contributed by atoms with Crippen LogP contribution >= 0.6 is 24.0 Å². The number of pyridine rings is 1. The largest absolute Gasteiger partial charge is 0.473 e. The summed E-state index contributed by atoms with van der Waals surface area (Å²) in [7, 11) is 0. The van der Waals surface area contributed by atoms with E-state index in [2.05, 4.69) is 27.5 Å². The molecule has 0 aliphatic heterocycles. The SMILES string of the molecule is CCNC(=NCc1cccnc1OCc1ccccc1)NCC1CC1.I. The van der Waals surface area contributed by atoms with Crippen LogP contribution in [-0.2, 0) is 13.2 Å². The van der Waals surface area contributed by atoms with Gasteiger partial charge in [0.05, 0.1) is 6.54 Å². The molecule has 1 fully saturated rings. The van der Waals surface area contributed by atoms with Gasteiger partial charge in [0.1, 0.15) is 6.61 Å². The van der Waals surface area contributed by atoms with Gasteiger partial charge in [0.25, 0.3) is 0 Å². The van der Waals surface area contributed by atoms with Gasteiger partial charge in [0.15, 0.2) is 5.96 Å². The molecule has 1 aliphatic carbocycles. The number of hydrogen-bond donors (Lipinski definition) is 2. The fraction of sp³-hybridized carbons (Fsp3) is 0.400. The predicted molar refractivity (Wildman–Crippen MR) is 116 cm³/mol. The summed E-state index contributed by atoms with van der Waals surface area (Å²) in [6.07, 6.45) is 4.41. The third kappa shape index (κ3) is 6.82. The molecule has 1 aromatic heterocycles. The number of halogens is 1. The van der Waals surface area contributed by atoms with E-state index in [1.54, 1.807) is 6.20 Å². The highest BCUT2D eigenvalue weighted by atomic mass is 127. The lowest BCUT2D eigenvalue weighted by atomic mass is 10.2. The molecular formula is C20H27IN4O. The van der Waals surface area contributed by atoms with E-state index in [4.69, 9.17) is 4.74 Å². The first-order valence-corrected chi connectivity index (χ1v) is 8.98. The van der Waals surface area contributed by atoms with Crippen LogP contribution in [0.25, 0.3) is 0 Å². The van der Waals surface area contributed by atoms with Gasteiger partial charge < -0.3 is 15.4 Å². The molecule has 1 saturated carbocycles. The van der Waals surface area contributed by atoms with Crippen LogP contribution in [0.2, 0.25) is 0 Å². The van der Waals surface area contributed by atoms with Crippen molar-refractivity contribution < 1.29 is 4.74 Å². The lowest BCUT2D eigenvalue weighted by Gasteiger charge is -2.12. The zero-order chi connectivity index (χ0) is 17.3. The smallest absolute Gasteiger partial charge is 0.218 e. The maximum atomic E-state index is 5.90. The van der Waals surface area contributed by atoms with Crippen molar-refractivity contribution >= 4 is 29.9 Å². The first-order valence-electron chi connectivity index (χ1n) is 8.98. The molecule has 2 N–H and O–H groups in total. The van der Waals surface area contributed by atoms with Gasteiger partial charge in [-0.1, -0.05) is 36.4 Å². The number of ether oxygens (including phenoxy) is 1. The molecule has 0 radical (unpaired) electrons. The molecule has 26 heavy (non-hydrogen) atoms. The minimum absolute atomic E-state index is 0. The normalized spacial score (nSPS) is 13.7. The zero-order valence-corrected chi connectivity index (χ0v) is 17.5. The van der Waals surface area contributed by atoms with E-state index in [0.29, 0.717) is 19.0 Å². The van der Waals surface area contributed by atoms with Gasteiger partial charge in [-0.25, -0.2) is 9.98 Å². The zero-order valence-electron chi connectivity index (χ0n) is 15.1. The first kappa shape index (κ1) is 20.5. The van der Waals surface area contributed by atoms with Crippen LogP contribution in [0.5, 0.6) is 5.88 Å². The van der Waals surface area contributed by atoms with Crippen molar-refractivity contribution in [3.05, 3.63) is 59.8 Å². The average molecular weight is 466 g/mol. The topological polar surface area (TPSA) is 58.5 Å². The molecule has 140 valence electrons. The van der Waals surface area contributed by atoms with Crippen molar-refractivity contribution in [3.63, 3.8) is 0 Å². The van der Waals surface area contributed by atoms with Crippen molar-refractivity contribution in [2.24, 2.45) is 10.9 Å². The number of aliphatic imine (C=N–C) groups is 1. The maximum absolute atomic E-state index is 5.90. The Bertz CT molecular complexity index is 689. The molecule has 1 aromatic carbocycles. The molecule has 6 heteroatoms. The highest BCUT2D eigenvalue weighted by Gasteiger charge is 2.21. The summed E-state index contributed by atoms with van der Waals surface area (Å²) in [5.74, 6) is 2.31. The fourth-order valence-electron chi connectivity index (χ4n) is 2.47. The summed E-state index contributed by atoms with van der Waals surface area (Å²) < 4.78 is 5.90. The van der Waals surface area contributed by atoms with E-state index < -0.39 is 0 Å². The lowest BCUT2D eigenvalue weighted by Crippen LogP contribution is -2.38. The Morgan fingerprint density at radius 1 is 1.15 bits per heavy atom. The second kappa shape index (κ2) is 11.0. The van der Waals surface area contributed by atoms with Crippen LogP contribution < -0.4 is 15.4 Å². The number of rotatable bonds is 8. The van der Waals surface area contributed by atoms with Crippen LogP contribution in [-0.4, -0.2) is 24.0 Å². The van der Waals surface area contributed by atoms with E-state index in [1.165, 1.54) is 12.8 Å². The molecular weight excluding hydrogens is 439 g/mol. The van der Waals surface area contributed by atoms with Gasteiger partial charge in [0, 0.05) is 24.8 Å². The van der Waals surface area contributed by atoms with Crippen molar-refractivity contribution in [1.82, 2.24) is 15.6 Å². The molecule has 0 saturated heterocycles. The summed E-state index contributed by atoms with van der Waals surface area (Å²) in [6, 6.07) is 14.1. The van der Waals surface area contributed by atoms with Gasteiger partial charge in [-0.15, -0.1) is 24.0 Å². The number of hydrogen-bond acceptors (Lipinski definition) is 3. The fourth-order valence-corrected chi connectivity index (χ4v) is 2.47. The highest BCUT2D eigenvalue weighted by molar-refractivity contribution is 14.0. The van der Waals surface area contributed by atoms with Crippen molar-refractivity contribution in [3.8, 4) is 5.88 Å². The second-order valence-corrected chi connectivity index (χ2v) is 6.26. The predicted octanol–water partition coefficient (Wildman–Crippen LogP) is 3.74. The molecule has 0 unspecified atom stereocenters. The number of nitrogens with zero attached hydrogens (tertiary/aromatic N) is 2. The van der Waals surface area contributed by atoms with Gasteiger partial charge in [-0.05, 0) is 37.3 Å². The molecule has 3 rings (SSSR count). The Morgan fingerprint density at radius 2 is 1.96 bits per heavy atom. The summed E-state index contributed by atoms with van der Waals surface area (Å²) in [4.78, 5) is 9.04. The molecule has 1 aliphatic rings. The van der Waals surface area contributed by atoms with Crippen LogP contribution in [0.1, 0.15) is 30.9 Å². The third-order valence-electron chi connectivity index (χ3n) is 4.08. The summed E-state index contributed by atoms with van der Waals surface area (Å²) in [5, 5.41) is 6.70. The number of guanidine groups is 1. The Hall–Kier alpha value is -1.83. The second-order valence-electron chi connectivity index (χ2n) is 6.26. The van der Waals surface area contributed by atoms with Crippen molar-refractivity contribution in [2.75, 3.05) is 13.1 Å². The Morgan fingerprint density at radius 3 is 2.69 bits per heavy atom. The third-order valence-corrected chi connectivity index (χ3v) is 4.08. The Labute approximate surface area is 172 Å². The van der Waals surface area contributed by atoms with Crippen LogP contribution in [0, 0.1) is 5.92 Å². The van der Waals surface area contributed by atoms with Crippen molar-refractivity contribution in [2.45, 2.75) is 32.9 Å². The molecule has 0 spiro atoms. The molecule has 5 nitrogen and oxygen atoms in total. The van der Waals surface area contributed by atoms with Crippen LogP contribution in [0.3, 0.4) is 0 Å². The summed E-state index contributed by atoms with van der Waals surface area (Å²) in [5.41, 5.74) is 2.11. The highest BCUT2D eigenvalue weighted by Crippen LogP contribution is 2.27. The van der Waals surface area contributed by atoms with E-state index in [0.717, 1.165) is 36.1 Å². The summed E-state index contributed by atoms with van der Waals surface area (Å²) in [6.45, 7) is 4.97. The lowest BCUT2D eigenvalue weighted by molar-refractivity contribution is 0.290. The average Bonchev–Trinajstić information content (AvgIpc) is 3.48. The number of benzene rings is 1. The molecule has 1 heterocycles. The monoisotopic (exact) mass is 466 g/mol. The van der Waals surface area contributed by atoms with Gasteiger partial charge >= 0.3 is 0 Å². The number of nitrogens with one attached hydrogen (secondary N) is 2. The van der Waals surface area contributed by atoms with Crippen LogP contribution in [0.4, 0.5) is 0 Å². The molecule has 0 amide bonds. The van der Waals surface area contributed by atoms with Gasteiger partial charge in [-0.3, -0.25) is 0 Å². The van der Waals surface area contributed by atoms with E-state index in [-0.39, 0.29) is 24.0 Å². The van der Waals surface area contributed by atoms with Gasteiger partial charge in [-0.2, -0.15) is 0 Å². The standard InChI is InChI=1S/C20H26N4O.HI/c1-2-21-20(23-13-16-10-11-16)24-14-18-9-6-12-22-19(18)25-15-17-7-4-3-5-8-17;/h3-9,12,16H,2,10-11,13-15H2,1H3,(H2,21,23,24);1H. The number of aromatic nitrogens is 1. The van der Waals surface area contributed by atoms with E-state index >= 15 is 0 Å². The van der Waals surface area contributed by atoms with E-state index in [9.17, 15) is 0 Å². The minimum atomic E-state index is 0. The first-order chi connectivity index (χ1) is 12.3.